The van der Waals surface area contributed by atoms with E-state index in [-0.39, 0.29) is 24.4 Å². The Hall–Kier alpha value is -3.71. The fourth-order valence-electron chi connectivity index (χ4n) is 3.82. The lowest BCUT2D eigenvalue weighted by atomic mass is 10.1. The summed E-state index contributed by atoms with van der Waals surface area (Å²) in [6, 6.07) is 21.4. The van der Waals surface area contributed by atoms with Gasteiger partial charge in [-0.3, -0.25) is 9.59 Å². The van der Waals surface area contributed by atoms with E-state index in [4.69, 9.17) is 5.10 Å². The summed E-state index contributed by atoms with van der Waals surface area (Å²) in [6.07, 6.45) is 0. The zero-order valence-electron chi connectivity index (χ0n) is 19.8. The molecule has 0 fully saturated rings. The molecular formula is C27H28N4O2S. The molecule has 2 heterocycles. The minimum Gasteiger partial charge on any atom is -0.326 e. The topological polar surface area (TPSA) is 67.2 Å². The molecule has 0 radical (unpaired) electrons. The third-order valence-corrected chi connectivity index (χ3v) is 6.45. The number of benzene rings is 2. The lowest BCUT2D eigenvalue weighted by Crippen LogP contribution is -2.42. The van der Waals surface area contributed by atoms with Gasteiger partial charge < -0.3 is 10.2 Å². The van der Waals surface area contributed by atoms with Crippen molar-refractivity contribution in [2.45, 2.75) is 33.7 Å². The molecule has 0 aliphatic carbocycles. The molecule has 0 saturated heterocycles. The molecule has 0 unspecified atom stereocenters. The number of amides is 2. The molecule has 2 amide bonds. The van der Waals surface area contributed by atoms with E-state index in [0.29, 0.717) is 10.7 Å². The number of aryl methyl sites for hydroxylation is 2. The van der Waals surface area contributed by atoms with Crippen molar-refractivity contribution in [2.75, 3.05) is 11.9 Å². The van der Waals surface area contributed by atoms with E-state index in [1.807, 2.05) is 93.7 Å². The summed E-state index contributed by atoms with van der Waals surface area (Å²) in [4.78, 5) is 28.5. The number of carbonyl (C=O) groups is 2. The van der Waals surface area contributed by atoms with Crippen molar-refractivity contribution < 1.29 is 9.59 Å². The minimum atomic E-state index is -0.274. The SMILES string of the molecule is Cc1ccc(-n2nc(C)c(-c3ccccc3)c2NC(=O)CN(C(=O)c2cccs2)C(C)C)cc1. The maximum atomic E-state index is 13.3. The highest BCUT2D eigenvalue weighted by Crippen LogP contribution is 2.33. The van der Waals surface area contributed by atoms with Gasteiger partial charge in [0.2, 0.25) is 5.91 Å². The standard InChI is InChI=1S/C27H28N4O2S/c1-18(2)30(27(33)23-11-8-16-34-23)17-24(32)28-26-25(21-9-6-5-7-10-21)20(4)29-31(26)22-14-12-19(3)13-15-22/h5-16,18H,17H2,1-4H3,(H,28,32). The fourth-order valence-corrected chi connectivity index (χ4v) is 4.50. The van der Waals surface area contributed by atoms with Crippen LogP contribution in [0.3, 0.4) is 0 Å². The number of thiophene rings is 1. The third-order valence-electron chi connectivity index (χ3n) is 5.59. The summed E-state index contributed by atoms with van der Waals surface area (Å²) in [5.41, 5.74) is 4.61. The molecule has 0 saturated carbocycles. The maximum absolute atomic E-state index is 13.3. The molecule has 7 heteroatoms. The van der Waals surface area contributed by atoms with Gasteiger partial charge in [0.05, 0.1) is 16.3 Å². The maximum Gasteiger partial charge on any atom is 0.264 e. The van der Waals surface area contributed by atoms with Crippen molar-refractivity contribution in [3.63, 3.8) is 0 Å². The Morgan fingerprint density at radius 1 is 1.00 bits per heavy atom. The van der Waals surface area contributed by atoms with Crippen molar-refractivity contribution in [1.82, 2.24) is 14.7 Å². The van der Waals surface area contributed by atoms with Crippen LogP contribution >= 0.6 is 11.3 Å². The molecule has 1 N–H and O–H groups in total. The van der Waals surface area contributed by atoms with E-state index >= 15 is 0 Å². The molecule has 0 aliphatic heterocycles. The molecule has 6 nitrogen and oxygen atoms in total. The predicted molar refractivity (Wildman–Crippen MR) is 138 cm³/mol. The van der Waals surface area contributed by atoms with Gasteiger partial charge in [0, 0.05) is 11.6 Å². The van der Waals surface area contributed by atoms with Crippen LogP contribution in [0.15, 0.2) is 72.1 Å². The van der Waals surface area contributed by atoms with Gasteiger partial charge >= 0.3 is 0 Å². The van der Waals surface area contributed by atoms with Crippen LogP contribution in [0, 0.1) is 13.8 Å². The molecular weight excluding hydrogens is 444 g/mol. The van der Waals surface area contributed by atoms with Gasteiger partial charge in [-0.25, -0.2) is 4.68 Å². The summed E-state index contributed by atoms with van der Waals surface area (Å²) in [7, 11) is 0. The highest BCUT2D eigenvalue weighted by atomic mass is 32.1. The number of nitrogens with one attached hydrogen (secondary N) is 1. The lowest BCUT2D eigenvalue weighted by Gasteiger charge is -2.25. The third kappa shape index (κ3) is 4.94. The van der Waals surface area contributed by atoms with Gasteiger partial charge in [-0.1, -0.05) is 54.1 Å². The number of rotatable bonds is 7. The number of carbonyl (C=O) groups excluding carboxylic acids is 2. The highest BCUT2D eigenvalue weighted by molar-refractivity contribution is 7.12. The first-order valence-electron chi connectivity index (χ1n) is 11.2. The average molecular weight is 473 g/mol. The molecule has 2 aromatic carbocycles. The van der Waals surface area contributed by atoms with Crippen LogP contribution < -0.4 is 5.32 Å². The van der Waals surface area contributed by atoms with Crippen LogP contribution in [0.2, 0.25) is 0 Å². The molecule has 0 bridgehead atoms. The van der Waals surface area contributed by atoms with Gasteiger partial charge in [-0.15, -0.1) is 11.3 Å². The predicted octanol–water partition coefficient (Wildman–Crippen LogP) is 5.71. The van der Waals surface area contributed by atoms with Gasteiger partial charge in [0.15, 0.2) is 0 Å². The summed E-state index contributed by atoms with van der Waals surface area (Å²) in [5.74, 6) is 0.167. The summed E-state index contributed by atoms with van der Waals surface area (Å²) in [6.45, 7) is 7.73. The minimum absolute atomic E-state index is 0.0548. The number of hydrogen-bond donors (Lipinski definition) is 1. The van der Waals surface area contributed by atoms with Gasteiger partial charge in [0.25, 0.3) is 5.91 Å². The molecule has 0 spiro atoms. The second kappa shape index (κ2) is 10.1. The Labute approximate surface area is 203 Å². The molecule has 34 heavy (non-hydrogen) atoms. The van der Waals surface area contributed by atoms with Crippen molar-refractivity contribution >= 4 is 29.0 Å². The smallest absolute Gasteiger partial charge is 0.264 e. The molecule has 0 aliphatic rings. The van der Waals surface area contributed by atoms with Crippen molar-refractivity contribution in [1.29, 1.82) is 0 Å². The molecule has 4 aromatic rings. The Bertz CT molecular complexity index is 1280. The Kier molecular flexibility index (Phi) is 6.93. The summed E-state index contributed by atoms with van der Waals surface area (Å²) in [5, 5.41) is 9.68. The first kappa shape index (κ1) is 23.4. The van der Waals surface area contributed by atoms with Crippen LogP contribution in [-0.2, 0) is 4.79 Å². The Balaban J connectivity index is 1.70. The fraction of sp³-hybridized carbons (Fsp3) is 0.222. The van der Waals surface area contributed by atoms with Crippen LogP contribution in [0.4, 0.5) is 5.82 Å². The number of nitrogens with zero attached hydrogens (tertiary/aromatic N) is 3. The van der Waals surface area contributed by atoms with Gasteiger partial charge in [-0.05, 0) is 56.8 Å². The summed E-state index contributed by atoms with van der Waals surface area (Å²) < 4.78 is 1.76. The first-order valence-corrected chi connectivity index (χ1v) is 12.1. The number of hydrogen-bond acceptors (Lipinski definition) is 4. The molecule has 0 atom stereocenters. The monoisotopic (exact) mass is 472 g/mol. The number of aromatic nitrogens is 2. The van der Waals surface area contributed by atoms with E-state index in [0.717, 1.165) is 28.1 Å². The second-order valence-electron chi connectivity index (χ2n) is 8.47. The van der Waals surface area contributed by atoms with Crippen LogP contribution in [0.5, 0.6) is 0 Å². The first-order chi connectivity index (χ1) is 16.3. The van der Waals surface area contributed by atoms with Crippen LogP contribution in [-0.4, -0.2) is 39.1 Å². The lowest BCUT2D eigenvalue weighted by molar-refractivity contribution is -0.117. The van der Waals surface area contributed by atoms with Gasteiger partial charge in [0.1, 0.15) is 12.4 Å². The zero-order chi connectivity index (χ0) is 24.2. The van der Waals surface area contributed by atoms with E-state index < -0.39 is 0 Å². The van der Waals surface area contributed by atoms with E-state index in [1.165, 1.54) is 11.3 Å². The zero-order valence-corrected chi connectivity index (χ0v) is 20.6. The van der Waals surface area contributed by atoms with Crippen LogP contribution in [0.25, 0.3) is 16.8 Å². The van der Waals surface area contributed by atoms with Crippen LogP contribution in [0.1, 0.15) is 34.8 Å². The Morgan fingerprint density at radius 2 is 1.71 bits per heavy atom. The molecule has 4 rings (SSSR count). The van der Waals surface area contributed by atoms with E-state index in [2.05, 4.69) is 5.32 Å². The second-order valence-corrected chi connectivity index (χ2v) is 9.42. The highest BCUT2D eigenvalue weighted by Gasteiger charge is 2.25. The van der Waals surface area contributed by atoms with E-state index in [1.54, 1.807) is 15.6 Å². The average Bonchev–Trinajstić information content (AvgIpc) is 3.46. The quantitative estimate of drug-likeness (QED) is 0.375. The van der Waals surface area contributed by atoms with Crippen molar-refractivity contribution in [3.8, 4) is 16.8 Å². The van der Waals surface area contributed by atoms with Gasteiger partial charge in [-0.2, -0.15) is 5.10 Å². The summed E-state index contributed by atoms with van der Waals surface area (Å²) >= 11 is 1.37. The molecule has 2 aromatic heterocycles. The van der Waals surface area contributed by atoms with E-state index in [9.17, 15) is 9.59 Å². The normalized spacial score (nSPS) is 11.0. The Morgan fingerprint density at radius 3 is 2.32 bits per heavy atom. The molecule has 174 valence electrons. The number of anilines is 1. The van der Waals surface area contributed by atoms with Crippen molar-refractivity contribution in [3.05, 3.63) is 88.2 Å². The van der Waals surface area contributed by atoms with Crippen molar-refractivity contribution in [2.24, 2.45) is 0 Å². The largest absolute Gasteiger partial charge is 0.326 e.